The summed E-state index contributed by atoms with van der Waals surface area (Å²) in [5.74, 6) is 2.33. The van der Waals surface area contributed by atoms with E-state index >= 15 is 0 Å². The summed E-state index contributed by atoms with van der Waals surface area (Å²) < 4.78 is 12.5. The maximum atomic E-state index is 8.78. The van der Waals surface area contributed by atoms with Crippen LogP contribution in [0.5, 0.6) is 11.5 Å². The zero-order valence-electron chi connectivity index (χ0n) is 12.8. The van der Waals surface area contributed by atoms with Crippen LogP contribution in [0.25, 0.3) is 17.1 Å². The number of imidazole rings is 1. The second-order valence-corrected chi connectivity index (χ2v) is 4.86. The number of aliphatic hydroxyl groups is 1. The summed E-state index contributed by atoms with van der Waals surface area (Å²) in [6.45, 7) is 0.287. The van der Waals surface area contributed by atoms with Crippen LogP contribution in [0.3, 0.4) is 0 Å². The summed E-state index contributed by atoms with van der Waals surface area (Å²) in [6, 6.07) is 15.3. The SMILES string of the molecule is COc1ccc(-c2n[c]cn2-c2ccc(OCCO)cc2)cc1. The Bertz CT molecular complexity index is 749. The highest BCUT2D eigenvalue weighted by molar-refractivity contribution is 5.59. The topological polar surface area (TPSA) is 56.5 Å². The Morgan fingerprint density at radius 1 is 1.04 bits per heavy atom. The Labute approximate surface area is 134 Å². The summed E-state index contributed by atoms with van der Waals surface area (Å²) in [7, 11) is 1.64. The van der Waals surface area contributed by atoms with Crippen LogP contribution >= 0.6 is 0 Å². The normalized spacial score (nSPS) is 10.5. The Balaban J connectivity index is 1.87. The summed E-state index contributed by atoms with van der Waals surface area (Å²) in [4.78, 5) is 4.32. The van der Waals surface area contributed by atoms with Gasteiger partial charge in [0.15, 0.2) is 0 Å². The van der Waals surface area contributed by atoms with Crippen molar-refractivity contribution < 1.29 is 14.6 Å². The van der Waals surface area contributed by atoms with Gasteiger partial charge in [-0.05, 0) is 48.5 Å². The molecule has 0 saturated carbocycles. The zero-order chi connectivity index (χ0) is 16.1. The lowest BCUT2D eigenvalue weighted by Gasteiger charge is -2.10. The van der Waals surface area contributed by atoms with Crippen molar-refractivity contribution in [2.75, 3.05) is 20.3 Å². The molecule has 0 unspecified atom stereocenters. The maximum absolute atomic E-state index is 8.78. The molecule has 0 bridgehead atoms. The van der Waals surface area contributed by atoms with Crippen molar-refractivity contribution in [2.45, 2.75) is 0 Å². The van der Waals surface area contributed by atoms with Gasteiger partial charge < -0.3 is 14.6 Å². The number of nitrogens with zero attached hydrogens (tertiary/aromatic N) is 2. The van der Waals surface area contributed by atoms with Crippen LogP contribution in [0, 0.1) is 6.20 Å². The first-order chi connectivity index (χ1) is 11.3. The largest absolute Gasteiger partial charge is 0.497 e. The van der Waals surface area contributed by atoms with Crippen LogP contribution in [0.4, 0.5) is 0 Å². The van der Waals surface area contributed by atoms with E-state index < -0.39 is 0 Å². The number of methoxy groups -OCH3 is 1. The molecule has 0 spiro atoms. The summed E-state index contributed by atoms with van der Waals surface area (Å²) in [5.41, 5.74) is 1.94. The van der Waals surface area contributed by atoms with Crippen molar-refractivity contribution in [3.8, 4) is 28.6 Å². The molecule has 0 aliphatic rings. The molecule has 0 amide bonds. The Morgan fingerprint density at radius 2 is 1.74 bits per heavy atom. The van der Waals surface area contributed by atoms with Crippen molar-refractivity contribution in [1.82, 2.24) is 9.55 Å². The number of benzene rings is 2. The number of hydrogen-bond acceptors (Lipinski definition) is 4. The summed E-state index contributed by atoms with van der Waals surface area (Å²) >= 11 is 0. The molecule has 3 rings (SSSR count). The predicted molar refractivity (Wildman–Crippen MR) is 87.0 cm³/mol. The van der Waals surface area contributed by atoms with Gasteiger partial charge in [0.1, 0.15) is 30.1 Å². The van der Waals surface area contributed by atoms with Gasteiger partial charge in [-0.25, -0.2) is 4.98 Å². The summed E-state index contributed by atoms with van der Waals surface area (Å²) in [5, 5.41) is 8.78. The molecule has 1 heterocycles. The minimum atomic E-state index is -0.000149. The number of aromatic nitrogens is 2. The van der Waals surface area contributed by atoms with E-state index in [1.165, 1.54) is 0 Å². The lowest BCUT2D eigenvalue weighted by atomic mass is 10.2. The van der Waals surface area contributed by atoms with Crippen LogP contribution < -0.4 is 9.47 Å². The Kier molecular flexibility index (Phi) is 4.59. The van der Waals surface area contributed by atoms with Gasteiger partial charge in [0.2, 0.25) is 0 Å². The molecule has 0 aliphatic heterocycles. The first kappa shape index (κ1) is 15.1. The number of rotatable bonds is 6. The molecule has 0 fully saturated rings. The second-order valence-electron chi connectivity index (χ2n) is 4.86. The molecule has 5 nitrogen and oxygen atoms in total. The fourth-order valence-electron chi connectivity index (χ4n) is 2.27. The van der Waals surface area contributed by atoms with E-state index in [0.717, 1.165) is 28.6 Å². The molecular formula is C18H17N2O3. The van der Waals surface area contributed by atoms with Crippen molar-refractivity contribution in [3.05, 3.63) is 60.9 Å². The first-order valence-electron chi connectivity index (χ1n) is 7.26. The molecule has 0 aliphatic carbocycles. The van der Waals surface area contributed by atoms with Gasteiger partial charge in [-0.3, -0.25) is 4.57 Å². The van der Waals surface area contributed by atoms with Gasteiger partial charge >= 0.3 is 0 Å². The summed E-state index contributed by atoms with van der Waals surface area (Å²) in [6.07, 6.45) is 4.69. The van der Waals surface area contributed by atoms with E-state index in [-0.39, 0.29) is 13.2 Å². The smallest absolute Gasteiger partial charge is 0.145 e. The Morgan fingerprint density at radius 3 is 2.39 bits per heavy atom. The molecule has 1 radical (unpaired) electrons. The van der Waals surface area contributed by atoms with Crippen molar-refractivity contribution in [1.29, 1.82) is 0 Å². The second kappa shape index (κ2) is 6.98. The van der Waals surface area contributed by atoms with E-state index in [0.29, 0.717) is 0 Å². The molecule has 1 aromatic heterocycles. The molecule has 23 heavy (non-hydrogen) atoms. The average molecular weight is 309 g/mol. The third-order valence-corrected chi connectivity index (χ3v) is 3.41. The van der Waals surface area contributed by atoms with Gasteiger partial charge in [0.05, 0.1) is 13.7 Å². The fourth-order valence-corrected chi connectivity index (χ4v) is 2.27. The molecule has 0 atom stereocenters. The van der Waals surface area contributed by atoms with E-state index in [1.54, 1.807) is 13.3 Å². The van der Waals surface area contributed by atoms with Gasteiger partial charge in [-0.15, -0.1) is 0 Å². The lowest BCUT2D eigenvalue weighted by Crippen LogP contribution is -2.02. The van der Waals surface area contributed by atoms with Crippen molar-refractivity contribution in [3.63, 3.8) is 0 Å². The maximum Gasteiger partial charge on any atom is 0.145 e. The highest BCUT2D eigenvalue weighted by Crippen LogP contribution is 2.24. The monoisotopic (exact) mass is 309 g/mol. The number of ether oxygens (including phenoxy) is 2. The van der Waals surface area contributed by atoms with Gasteiger partial charge in [0, 0.05) is 17.4 Å². The minimum Gasteiger partial charge on any atom is -0.497 e. The van der Waals surface area contributed by atoms with Gasteiger partial charge in [-0.2, -0.15) is 0 Å². The van der Waals surface area contributed by atoms with Crippen LogP contribution in [-0.4, -0.2) is 35.0 Å². The predicted octanol–water partition coefficient (Wildman–Crippen LogP) is 2.72. The third kappa shape index (κ3) is 3.35. The average Bonchev–Trinajstić information content (AvgIpc) is 3.10. The quantitative estimate of drug-likeness (QED) is 0.760. The molecular weight excluding hydrogens is 292 g/mol. The number of aliphatic hydroxyl groups excluding tert-OH is 1. The van der Waals surface area contributed by atoms with Gasteiger partial charge in [-0.1, -0.05) is 0 Å². The zero-order valence-corrected chi connectivity index (χ0v) is 12.8. The van der Waals surface area contributed by atoms with Crippen molar-refractivity contribution >= 4 is 0 Å². The lowest BCUT2D eigenvalue weighted by molar-refractivity contribution is 0.201. The van der Waals surface area contributed by atoms with Crippen molar-refractivity contribution in [2.24, 2.45) is 0 Å². The van der Waals surface area contributed by atoms with Crippen LogP contribution in [0.1, 0.15) is 0 Å². The molecule has 0 saturated heterocycles. The number of hydrogen-bond donors (Lipinski definition) is 1. The highest BCUT2D eigenvalue weighted by Gasteiger charge is 2.08. The minimum absolute atomic E-state index is 0.000149. The molecule has 2 aromatic carbocycles. The highest BCUT2D eigenvalue weighted by atomic mass is 16.5. The molecule has 117 valence electrons. The third-order valence-electron chi connectivity index (χ3n) is 3.41. The first-order valence-corrected chi connectivity index (χ1v) is 7.26. The van der Waals surface area contributed by atoms with Crippen LogP contribution in [-0.2, 0) is 0 Å². The van der Waals surface area contributed by atoms with E-state index in [9.17, 15) is 0 Å². The standard InChI is InChI=1S/C18H17N2O3/c1-22-16-6-2-14(3-7-16)18-19-10-11-20(18)15-4-8-17(9-5-15)23-13-12-21/h2-9,11,21H,12-13H2,1H3. The Hall–Kier alpha value is -2.79. The molecule has 3 aromatic rings. The van der Waals surface area contributed by atoms with E-state index in [4.69, 9.17) is 14.6 Å². The van der Waals surface area contributed by atoms with Gasteiger partial charge in [0.25, 0.3) is 0 Å². The van der Waals surface area contributed by atoms with E-state index in [1.807, 2.05) is 53.1 Å². The fraction of sp³-hybridized carbons (Fsp3) is 0.167. The molecule has 5 heteroatoms. The molecule has 1 N–H and O–H groups in total. The van der Waals surface area contributed by atoms with Crippen LogP contribution in [0.15, 0.2) is 54.7 Å². The van der Waals surface area contributed by atoms with Crippen LogP contribution in [0.2, 0.25) is 0 Å². The van der Waals surface area contributed by atoms with E-state index in [2.05, 4.69) is 11.2 Å².